The highest BCUT2D eigenvalue weighted by molar-refractivity contribution is 5.39. The maximum atomic E-state index is 13.9. The van der Waals surface area contributed by atoms with Gasteiger partial charge >= 0.3 is 6.01 Å². The molecule has 1 saturated heterocycles. The van der Waals surface area contributed by atoms with Crippen molar-refractivity contribution < 1.29 is 13.9 Å². The van der Waals surface area contributed by atoms with Crippen LogP contribution in [0.4, 0.5) is 14.6 Å². The minimum atomic E-state index is -0.581. The number of piperidine rings is 1. The molecular formula is C21H25F2N5O. The molecule has 2 heterocycles. The average molecular weight is 401 g/mol. The van der Waals surface area contributed by atoms with Gasteiger partial charge in [-0.2, -0.15) is 4.98 Å². The lowest BCUT2D eigenvalue weighted by Crippen LogP contribution is -2.50. The van der Waals surface area contributed by atoms with E-state index < -0.39 is 11.6 Å². The van der Waals surface area contributed by atoms with Crippen molar-refractivity contribution in [1.82, 2.24) is 20.2 Å². The van der Waals surface area contributed by atoms with Crippen LogP contribution in [0.25, 0.3) is 0 Å². The molecule has 0 radical (unpaired) electrons. The Hall–Kier alpha value is -2.90. The topological polar surface area (TPSA) is 64.5 Å². The summed E-state index contributed by atoms with van der Waals surface area (Å²) in [5, 5.41) is 12.8. The molecule has 1 aliphatic carbocycles. The number of benzene rings is 1. The Morgan fingerprint density at radius 2 is 2.07 bits per heavy atom. The van der Waals surface area contributed by atoms with Gasteiger partial charge in [0.15, 0.2) is 0 Å². The standard InChI is InChI=1S/C21H25F2N5O/c1-14(25-12-15-4-5-16(22)11-19(15)23)28(17-6-7-17)18-3-2-10-27(13-18)20-8-9-24-21(29)26-20/h4-5,8-9,11,17-18,25H,1-3,6-7,10,12-13H2,(H,24,26,29)/t18-/m1/s1. The van der Waals surface area contributed by atoms with Gasteiger partial charge in [-0.1, -0.05) is 12.6 Å². The van der Waals surface area contributed by atoms with Crippen molar-refractivity contribution in [3.63, 3.8) is 0 Å². The second kappa shape index (κ2) is 8.23. The van der Waals surface area contributed by atoms with Crippen LogP contribution in [0.1, 0.15) is 31.2 Å². The van der Waals surface area contributed by atoms with E-state index in [9.17, 15) is 13.9 Å². The fourth-order valence-corrected chi connectivity index (χ4v) is 3.95. The van der Waals surface area contributed by atoms with Crippen LogP contribution < -0.4 is 10.2 Å². The Bertz CT molecular complexity index is 889. The molecule has 4 rings (SSSR count). The first-order valence-corrected chi connectivity index (χ1v) is 9.93. The normalized spacial score (nSPS) is 19.1. The van der Waals surface area contributed by atoms with Gasteiger partial charge in [-0.15, -0.1) is 0 Å². The minimum Gasteiger partial charge on any atom is -0.479 e. The molecule has 2 N–H and O–H groups in total. The Morgan fingerprint density at radius 3 is 2.79 bits per heavy atom. The summed E-state index contributed by atoms with van der Waals surface area (Å²) in [7, 11) is 0. The lowest BCUT2D eigenvalue weighted by molar-refractivity contribution is 0.201. The van der Waals surface area contributed by atoms with Gasteiger partial charge in [0.1, 0.15) is 17.5 Å². The molecule has 1 saturated carbocycles. The summed E-state index contributed by atoms with van der Waals surface area (Å²) in [4.78, 5) is 12.3. The van der Waals surface area contributed by atoms with E-state index in [0.717, 1.165) is 50.7 Å². The maximum Gasteiger partial charge on any atom is 0.315 e. The summed E-state index contributed by atoms with van der Waals surface area (Å²) in [6, 6.07) is 5.86. The third-order valence-electron chi connectivity index (χ3n) is 5.49. The molecule has 0 bridgehead atoms. The highest BCUT2D eigenvalue weighted by Crippen LogP contribution is 2.34. The number of hydrogen-bond donors (Lipinski definition) is 2. The fraction of sp³-hybridized carbons (Fsp3) is 0.429. The van der Waals surface area contributed by atoms with Crippen LogP contribution in [0, 0.1) is 11.6 Å². The molecule has 0 amide bonds. The lowest BCUT2D eigenvalue weighted by Gasteiger charge is -2.42. The van der Waals surface area contributed by atoms with E-state index >= 15 is 0 Å². The van der Waals surface area contributed by atoms with E-state index in [1.807, 2.05) is 0 Å². The summed E-state index contributed by atoms with van der Waals surface area (Å²) in [5.74, 6) is 0.330. The number of anilines is 1. The van der Waals surface area contributed by atoms with E-state index in [2.05, 4.69) is 31.7 Å². The van der Waals surface area contributed by atoms with E-state index in [1.54, 1.807) is 12.3 Å². The van der Waals surface area contributed by atoms with Crippen molar-refractivity contribution in [1.29, 1.82) is 0 Å². The predicted molar refractivity (Wildman–Crippen MR) is 106 cm³/mol. The summed E-state index contributed by atoms with van der Waals surface area (Å²) in [5.41, 5.74) is 0.407. The molecule has 0 spiro atoms. The first kappa shape index (κ1) is 19.4. The van der Waals surface area contributed by atoms with E-state index in [1.165, 1.54) is 12.1 Å². The van der Waals surface area contributed by atoms with E-state index in [-0.39, 0.29) is 18.6 Å². The molecule has 1 aromatic carbocycles. The molecule has 1 atom stereocenters. The fourth-order valence-electron chi connectivity index (χ4n) is 3.95. The van der Waals surface area contributed by atoms with E-state index in [0.29, 0.717) is 17.4 Å². The molecule has 2 fully saturated rings. The van der Waals surface area contributed by atoms with Gasteiger partial charge < -0.3 is 20.2 Å². The number of halogens is 2. The quantitative estimate of drug-likeness (QED) is 0.743. The summed E-state index contributed by atoms with van der Waals surface area (Å²) in [6.07, 6.45) is 5.79. The van der Waals surface area contributed by atoms with Crippen LogP contribution in [0.5, 0.6) is 6.01 Å². The first-order chi connectivity index (χ1) is 14.0. The highest BCUT2D eigenvalue weighted by atomic mass is 19.1. The van der Waals surface area contributed by atoms with Crippen molar-refractivity contribution in [3.05, 3.63) is 60.1 Å². The Morgan fingerprint density at radius 1 is 1.24 bits per heavy atom. The SMILES string of the molecule is C=C(NCc1ccc(F)cc1F)N(C1CC1)[C@@H]1CCCN(c2ccnc(O)n2)C1. The summed E-state index contributed by atoms with van der Waals surface area (Å²) >= 11 is 0. The molecule has 29 heavy (non-hydrogen) atoms. The second-order valence-electron chi connectivity index (χ2n) is 7.63. The van der Waals surface area contributed by atoms with Crippen molar-refractivity contribution in [2.45, 2.75) is 44.3 Å². The van der Waals surface area contributed by atoms with Gasteiger partial charge in [0, 0.05) is 49.5 Å². The van der Waals surface area contributed by atoms with Crippen LogP contribution >= 0.6 is 0 Å². The molecule has 8 heteroatoms. The molecule has 154 valence electrons. The van der Waals surface area contributed by atoms with Crippen molar-refractivity contribution >= 4 is 5.82 Å². The highest BCUT2D eigenvalue weighted by Gasteiger charge is 2.37. The number of rotatable bonds is 7. The number of aromatic hydroxyl groups is 1. The number of hydrogen-bond acceptors (Lipinski definition) is 6. The van der Waals surface area contributed by atoms with Crippen molar-refractivity contribution in [2.24, 2.45) is 0 Å². The predicted octanol–water partition coefficient (Wildman–Crippen LogP) is 3.15. The van der Waals surface area contributed by atoms with Crippen LogP contribution in [-0.2, 0) is 6.54 Å². The molecule has 0 unspecified atom stereocenters. The number of nitrogens with one attached hydrogen (secondary N) is 1. The number of aromatic nitrogens is 2. The van der Waals surface area contributed by atoms with Crippen LogP contribution in [0.2, 0.25) is 0 Å². The van der Waals surface area contributed by atoms with Gasteiger partial charge in [-0.25, -0.2) is 13.8 Å². The Kier molecular flexibility index (Phi) is 5.51. The molecule has 1 aliphatic heterocycles. The van der Waals surface area contributed by atoms with Gasteiger partial charge in [-0.05, 0) is 37.8 Å². The third kappa shape index (κ3) is 4.58. The van der Waals surface area contributed by atoms with Gasteiger partial charge in [0.05, 0.1) is 5.82 Å². The summed E-state index contributed by atoms with van der Waals surface area (Å²) in [6.45, 7) is 6.08. The van der Waals surface area contributed by atoms with Gasteiger partial charge in [0.2, 0.25) is 0 Å². The van der Waals surface area contributed by atoms with Crippen molar-refractivity contribution in [2.75, 3.05) is 18.0 Å². The zero-order chi connectivity index (χ0) is 20.4. The third-order valence-corrected chi connectivity index (χ3v) is 5.49. The first-order valence-electron chi connectivity index (χ1n) is 9.93. The summed E-state index contributed by atoms with van der Waals surface area (Å²) < 4.78 is 27.1. The second-order valence-corrected chi connectivity index (χ2v) is 7.63. The molecule has 6 nitrogen and oxygen atoms in total. The van der Waals surface area contributed by atoms with Gasteiger partial charge in [-0.3, -0.25) is 0 Å². The molecule has 2 aliphatic rings. The Labute approximate surface area is 168 Å². The Balaban J connectivity index is 1.43. The average Bonchev–Trinajstić information content (AvgIpc) is 3.53. The smallest absolute Gasteiger partial charge is 0.315 e. The van der Waals surface area contributed by atoms with Crippen LogP contribution in [-0.4, -0.2) is 45.1 Å². The zero-order valence-corrected chi connectivity index (χ0v) is 16.2. The largest absolute Gasteiger partial charge is 0.479 e. The maximum absolute atomic E-state index is 13.9. The van der Waals surface area contributed by atoms with Crippen molar-refractivity contribution in [3.8, 4) is 6.01 Å². The number of nitrogens with zero attached hydrogens (tertiary/aromatic N) is 4. The minimum absolute atomic E-state index is 0.226. The van der Waals surface area contributed by atoms with E-state index in [4.69, 9.17) is 0 Å². The molecular weight excluding hydrogens is 376 g/mol. The molecule has 1 aromatic heterocycles. The monoisotopic (exact) mass is 401 g/mol. The van der Waals surface area contributed by atoms with Gasteiger partial charge in [0.25, 0.3) is 0 Å². The van der Waals surface area contributed by atoms with Crippen LogP contribution in [0.3, 0.4) is 0 Å². The zero-order valence-electron chi connectivity index (χ0n) is 16.2. The van der Waals surface area contributed by atoms with Crippen LogP contribution in [0.15, 0.2) is 42.9 Å². The molecule has 2 aromatic rings. The lowest BCUT2D eigenvalue weighted by atomic mass is 10.0.